The summed E-state index contributed by atoms with van der Waals surface area (Å²) in [6.45, 7) is 3.55. The van der Waals surface area contributed by atoms with E-state index in [0.717, 1.165) is 0 Å². The highest BCUT2D eigenvalue weighted by molar-refractivity contribution is 4.50. The molecule has 1 rings (SSSR count). The van der Waals surface area contributed by atoms with E-state index in [9.17, 15) is 0 Å². The molecule has 0 unspecified atom stereocenters. The first-order valence-corrected chi connectivity index (χ1v) is 1.95. The fraction of sp³-hybridized carbons (Fsp3) is 0.333. The van der Waals surface area contributed by atoms with E-state index in [1.807, 2.05) is 6.92 Å². The quantitative estimate of drug-likeness (QED) is 0.483. The summed E-state index contributed by atoms with van der Waals surface area (Å²) in [5, 5.41) is 10.7. The van der Waals surface area contributed by atoms with E-state index in [1.54, 1.807) is 6.54 Å². The normalized spacial score (nSPS) is 9.29. The van der Waals surface area contributed by atoms with Gasteiger partial charge < -0.3 is 0 Å². The van der Waals surface area contributed by atoms with Crippen molar-refractivity contribution in [3.63, 3.8) is 0 Å². The number of rotatable bonds is 1. The third-order valence-corrected chi connectivity index (χ3v) is 0.596. The number of aromatic nitrogens is 4. The van der Waals surface area contributed by atoms with Crippen molar-refractivity contribution in [2.45, 2.75) is 6.92 Å². The second-order valence-electron chi connectivity index (χ2n) is 1.01. The zero-order chi connectivity index (χ0) is 5.11. The molecule has 0 saturated carbocycles. The van der Waals surface area contributed by atoms with E-state index in [-0.39, 0.29) is 0 Å². The molecule has 0 aromatic carbocycles. The van der Waals surface area contributed by atoms with Gasteiger partial charge in [-0.15, -0.1) is 10.2 Å². The van der Waals surface area contributed by atoms with Gasteiger partial charge in [0.15, 0.2) is 6.33 Å². The molecule has 0 aliphatic heterocycles. The lowest BCUT2D eigenvalue weighted by Crippen LogP contribution is -1.95. The minimum absolute atomic E-state index is 1.39. The van der Waals surface area contributed by atoms with Gasteiger partial charge in [0.25, 0.3) is 0 Å². The first kappa shape index (κ1) is 4.23. The van der Waals surface area contributed by atoms with Gasteiger partial charge in [-0.3, -0.25) is 0 Å². The van der Waals surface area contributed by atoms with Gasteiger partial charge in [-0.05, 0) is 12.1 Å². The average Bonchev–Trinajstić information content (AvgIpc) is 2.14. The maximum Gasteiger partial charge on any atom is 0.162 e. The number of hydrogen-bond acceptors (Lipinski definition) is 3. The molecule has 0 fully saturated rings. The predicted octanol–water partition coefficient (Wildman–Crippen LogP) is -0.297. The molecule has 1 radical (unpaired) electrons. The van der Waals surface area contributed by atoms with Gasteiger partial charge in [0, 0.05) is 0 Å². The third-order valence-electron chi connectivity index (χ3n) is 0.596. The van der Waals surface area contributed by atoms with Crippen LogP contribution in [0.5, 0.6) is 0 Å². The fourth-order valence-corrected chi connectivity index (χ4v) is 0.293. The lowest BCUT2D eigenvalue weighted by molar-refractivity contribution is 0.666. The van der Waals surface area contributed by atoms with E-state index in [1.165, 1.54) is 11.1 Å². The highest BCUT2D eigenvalue weighted by Crippen LogP contribution is 1.71. The number of tetrazole rings is 1. The standard InChI is InChI=1S/C3H5N4/c1-2-7-5-3-4-6-7/h2-3H,1H3. The van der Waals surface area contributed by atoms with E-state index in [2.05, 4.69) is 15.4 Å². The van der Waals surface area contributed by atoms with Crippen molar-refractivity contribution in [3.05, 3.63) is 12.9 Å². The van der Waals surface area contributed by atoms with Crippen LogP contribution in [0.2, 0.25) is 0 Å². The molecule has 0 amide bonds. The summed E-state index contributed by atoms with van der Waals surface area (Å²) < 4.78 is 0. The summed E-state index contributed by atoms with van der Waals surface area (Å²) in [5.74, 6) is 0. The Hall–Kier alpha value is -0.930. The first-order chi connectivity index (χ1) is 3.43. The zero-order valence-electron chi connectivity index (χ0n) is 3.94. The molecule has 1 aromatic heterocycles. The molecular weight excluding hydrogens is 92.1 g/mol. The van der Waals surface area contributed by atoms with Gasteiger partial charge in [0.05, 0.1) is 6.54 Å². The lowest BCUT2D eigenvalue weighted by atomic mass is 10.8. The monoisotopic (exact) mass is 97.1 g/mol. The molecule has 0 aliphatic carbocycles. The Morgan fingerprint density at radius 1 is 1.71 bits per heavy atom. The Kier molecular flexibility index (Phi) is 1.02. The Morgan fingerprint density at radius 2 is 2.57 bits per heavy atom. The van der Waals surface area contributed by atoms with Crippen molar-refractivity contribution in [1.82, 2.24) is 20.2 Å². The van der Waals surface area contributed by atoms with Crippen molar-refractivity contribution in [2.24, 2.45) is 0 Å². The van der Waals surface area contributed by atoms with Crippen LogP contribution in [-0.4, -0.2) is 20.2 Å². The van der Waals surface area contributed by atoms with Crippen molar-refractivity contribution in [2.75, 3.05) is 0 Å². The van der Waals surface area contributed by atoms with Gasteiger partial charge in [-0.2, -0.15) is 4.80 Å². The van der Waals surface area contributed by atoms with Crippen molar-refractivity contribution in [1.29, 1.82) is 0 Å². The van der Waals surface area contributed by atoms with Crippen molar-refractivity contribution < 1.29 is 0 Å². The Balaban J connectivity index is 2.76. The summed E-state index contributed by atoms with van der Waals surface area (Å²) in [7, 11) is 0. The molecule has 1 aromatic rings. The van der Waals surface area contributed by atoms with Crippen LogP contribution in [0, 0.1) is 6.54 Å². The second-order valence-corrected chi connectivity index (χ2v) is 1.01. The van der Waals surface area contributed by atoms with Crippen LogP contribution in [0.3, 0.4) is 0 Å². The highest BCUT2D eigenvalue weighted by Gasteiger charge is 1.81. The van der Waals surface area contributed by atoms with Crippen LogP contribution < -0.4 is 0 Å². The van der Waals surface area contributed by atoms with E-state index in [0.29, 0.717) is 0 Å². The Labute approximate surface area is 41.1 Å². The minimum Gasteiger partial charge on any atom is -0.159 e. The van der Waals surface area contributed by atoms with Gasteiger partial charge in [0.2, 0.25) is 0 Å². The molecule has 1 heterocycles. The maximum absolute atomic E-state index is 3.67. The average molecular weight is 97.1 g/mol. The molecule has 0 bridgehead atoms. The van der Waals surface area contributed by atoms with Gasteiger partial charge in [0.1, 0.15) is 0 Å². The van der Waals surface area contributed by atoms with Crippen LogP contribution in [0.25, 0.3) is 0 Å². The summed E-state index contributed by atoms with van der Waals surface area (Å²) in [6.07, 6.45) is 1.39. The first-order valence-electron chi connectivity index (χ1n) is 1.95. The Morgan fingerprint density at radius 3 is 2.86 bits per heavy atom. The molecule has 0 saturated heterocycles. The smallest absolute Gasteiger partial charge is 0.159 e. The summed E-state index contributed by atoms with van der Waals surface area (Å²) in [4.78, 5) is 1.39. The minimum atomic E-state index is 1.39. The van der Waals surface area contributed by atoms with E-state index < -0.39 is 0 Å². The predicted molar refractivity (Wildman–Crippen MR) is 23.2 cm³/mol. The largest absolute Gasteiger partial charge is 0.162 e. The van der Waals surface area contributed by atoms with Gasteiger partial charge in [-0.1, -0.05) is 0 Å². The molecule has 7 heavy (non-hydrogen) atoms. The molecule has 37 valence electrons. The summed E-state index contributed by atoms with van der Waals surface area (Å²) in [5.41, 5.74) is 0. The van der Waals surface area contributed by atoms with Crippen molar-refractivity contribution in [3.8, 4) is 0 Å². The number of nitrogens with zero attached hydrogens (tertiary/aromatic N) is 4. The molecule has 0 N–H and O–H groups in total. The van der Waals surface area contributed by atoms with Gasteiger partial charge >= 0.3 is 0 Å². The van der Waals surface area contributed by atoms with E-state index >= 15 is 0 Å². The molecular formula is C3H5N4. The second kappa shape index (κ2) is 1.68. The van der Waals surface area contributed by atoms with Crippen LogP contribution in [0.1, 0.15) is 6.92 Å². The Bertz CT molecular complexity index is 121. The van der Waals surface area contributed by atoms with E-state index in [4.69, 9.17) is 0 Å². The lowest BCUT2D eigenvalue weighted by Gasteiger charge is -1.81. The SMILES string of the molecule is C[CH]n1ncnn1. The molecule has 0 spiro atoms. The highest BCUT2D eigenvalue weighted by atomic mass is 15.6. The van der Waals surface area contributed by atoms with Crippen LogP contribution >= 0.6 is 0 Å². The van der Waals surface area contributed by atoms with Gasteiger partial charge in [-0.25, -0.2) is 0 Å². The maximum atomic E-state index is 3.67. The molecule has 4 nitrogen and oxygen atoms in total. The van der Waals surface area contributed by atoms with Crippen LogP contribution in [0.4, 0.5) is 0 Å². The fourth-order valence-electron chi connectivity index (χ4n) is 0.293. The third kappa shape index (κ3) is 0.734. The number of hydrogen-bond donors (Lipinski definition) is 0. The van der Waals surface area contributed by atoms with Crippen LogP contribution in [-0.2, 0) is 0 Å². The summed E-state index contributed by atoms with van der Waals surface area (Å²) in [6, 6.07) is 0. The topological polar surface area (TPSA) is 43.6 Å². The molecule has 0 atom stereocenters. The molecule has 0 aliphatic rings. The molecule has 4 heteroatoms. The summed E-state index contributed by atoms with van der Waals surface area (Å²) >= 11 is 0. The zero-order valence-corrected chi connectivity index (χ0v) is 3.94. The van der Waals surface area contributed by atoms with Crippen LogP contribution in [0.15, 0.2) is 6.33 Å². The van der Waals surface area contributed by atoms with Crippen molar-refractivity contribution >= 4 is 0 Å².